The number of hydrogen-bond acceptors (Lipinski definition) is 4. The van der Waals surface area contributed by atoms with Gasteiger partial charge in [0.1, 0.15) is 12.1 Å². The van der Waals surface area contributed by atoms with Crippen LogP contribution in [0.5, 0.6) is 0 Å². The highest BCUT2D eigenvalue weighted by atomic mass is 79.9. The van der Waals surface area contributed by atoms with Crippen LogP contribution in [-0.4, -0.2) is 46.7 Å². The van der Waals surface area contributed by atoms with Crippen molar-refractivity contribution in [1.29, 1.82) is 0 Å². The van der Waals surface area contributed by atoms with Crippen LogP contribution in [0.25, 0.3) is 0 Å². The summed E-state index contributed by atoms with van der Waals surface area (Å²) in [5, 5.41) is 23.2. The van der Waals surface area contributed by atoms with Crippen molar-refractivity contribution in [2.24, 2.45) is 5.92 Å². The molecule has 2 unspecified atom stereocenters. The van der Waals surface area contributed by atoms with Crippen LogP contribution in [0.15, 0.2) is 28.7 Å². The molecular formula is C18H23BrN2O5. The minimum absolute atomic E-state index is 0.0590. The number of nitrogens with one attached hydrogen (secondary N) is 2. The monoisotopic (exact) mass is 426 g/mol. The first-order valence-corrected chi connectivity index (χ1v) is 9.42. The van der Waals surface area contributed by atoms with Gasteiger partial charge in [-0.25, -0.2) is 4.79 Å². The van der Waals surface area contributed by atoms with Crippen molar-refractivity contribution in [3.63, 3.8) is 0 Å². The Morgan fingerprint density at radius 2 is 1.69 bits per heavy atom. The third-order valence-electron chi connectivity index (χ3n) is 4.59. The number of carboxylic acids is 1. The van der Waals surface area contributed by atoms with Crippen LogP contribution in [0, 0.1) is 5.92 Å². The molecule has 0 bridgehead atoms. The highest BCUT2D eigenvalue weighted by molar-refractivity contribution is 9.10. The number of aliphatic hydroxyl groups excluding tert-OH is 1. The van der Waals surface area contributed by atoms with Crippen LogP contribution >= 0.6 is 15.9 Å². The summed E-state index contributed by atoms with van der Waals surface area (Å²) in [5.41, 5.74) is 0.416. The van der Waals surface area contributed by atoms with E-state index in [0.29, 0.717) is 5.56 Å². The minimum atomic E-state index is -1.39. The fourth-order valence-corrected chi connectivity index (χ4v) is 3.40. The van der Waals surface area contributed by atoms with Crippen molar-refractivity contribution in [1.82, 2.24) is 10.6 Å². The van der Waals surface area contributed by atoms with E-state index in [2.05, 4.69) is 26.6 Å². The second-order valence-electron chi connectivity index (χ2n) is 6.44. The highest BCUT2D eigenvalue weighted by Crippen LogP contribution is 2.27. The van der Waals surface area contributed by atoms with Crippen molar-refractivity contribution in [2.45, 2.75) is 44.2 Å². The number of carbonyl (C=O) groups is 3. The van der Waals surface area contributed by atoms with Gasteiger partial charge in [-0.05, 0) is 43.0 Å². The van der Waals surface area contributed by atoms with Crippen LogP contribution in [0.1, 0.15) is 42.5 Å². The normalized spacial score (nSPS) is 17.2. The summed E-state index contributed by atoms with van der Waals surface area (Å²) in [4.78, 5) is 36.2. The van der Waals surface area contributed by atoms with Crippen LogP contribution in [-0.2, 0) is 9.59 Å². The summed E-state index contributed by atoms with van der Waals surface area (Å²) in [6.45, 7) is -0.709. The third-order valence-corrected chi connectivity index (χ3v) is 5.12. The SMILES string of the molecule is O=C(NC(C(=O)NC(CO)C(=O)O)C1CCCCC1)c1ccc(Br)cc1. The van der Waals surface area contributed by atoms with Crippen molar-refractivity contribution >= 4 is 33.7 Å². The van der Waals surface area contributed by atoms with E-state index in [1.54, 1.807) is 24.3 Å². The molecule has 7 nitrogen and oxygen atoms in total. The van der Waals surface area contributed by atoms with E-state index in [4.69, 9.17) is 10.2 Å². The molecule has 8 heteroatoms. The number of aliphatic hydroxyl groups is 1. The summed E-state index contributed by atoms with van der Waals surface area (Å²) >= 11 is 3.30. The molecule has 0 spiro atoms. The molecule has 2 rings (SSSR count). The van der Waals surface area contributed by atoms with Gasteiger partial charge in [-0.2, -0.15) is 0 Å². The van der Waals surface area contributed by atoms with E-state index in [1.165, 1.54) is 0 Å². The van der Waals surface area contributed by atoms with Gasteiger partial charge in [-0.1, -0.05) is 35.2 Å². The molecular weight excluding hydrogens is 404 g/mol. The van der Waals surface area contributed by atoms with Gasteiger partial charge in [0.25, 0.3) is 5.91 Å². The molecule has 2 amide bonds. The van der Waals surface area contributed by atoms with Gasteiger partial charge in [-0.3, -0.25) is 9.59 Å². The predicted molar refractivity (Wildman–Crippen MR) is 98.6 cm³/mol. The molecule has 2 atom stereocenters. The lowest BCUT2D eigenvalue weighted by Gasteiger charge is -2.30. The molecule has 4 N–H and O–H groups in total. The van der Waals surface area contributed by atoms with E-state index in [-0.39, 0.29) is 11.8 Å². The largest absolute Gasteiger partial charge is 0.480 e. The Balaban J connectivity index is 2.14. The molecule has 1 aliphatic rings. The number of carboxylic acid groups (broad SMARTS) is 1. The molecule has 1 aromatic rings. The lowest BCUT2D eigenvalue weighted by atomic mass is 9.83. The van der Waals surface area contributed by atoms with Gasteiger partial charge in [0.2, 0.25) is 5.91 Å². The summed E-state index contributed by atoms with van der Waals surface area (Å²) in [5.74, 6) is -2.35. The number of rotatable bonds is 7. The fraction of sp³-hybridized carbons (Fsp3) is 0.500. The zero-order chi connectivity index (χ0) is 19.1. The van der Waals surface area contributed by atoms with Crippen LogP contribution in [0.3, 0.4) is 0 Å². The molecule has 0 aliphatic heterocycles. The maximum atomic E-state index is 12.6. The van der Waals surface area contributed by atoms with E-state index in [1.807, 2.05) is 0 Å². The van der Waals surface area contributed by atoms with Crippen molar-refractivity contribution < 1.29 is 24.6 Å². The molecule has 26 heavy (non-hydrogen) atoms. The van der Waals surface area contributed by atoms with E-state index in [9.17, 15) is 14.4 Å². The smallest absolute Gasteiger partial charge is 0.328 e. The zero-order valence-electron chi connectivity index (χ0n) is 14.3. The molecule has 1 fully saturated rings. The quantitative estimate of drug-likeness (QED) is 0.529. The first-order valence-electron chi connectivity index (χ1n) is 8.63. The molecule has 0 aromatic heterocycles. The van der Waals surface area contributed by atoms with Crippen LogP contribution < -0.4 is 10.6 Å². The average molecular weight is 427 g/mol. The Bertz CT molecular complexity index is 643. The molecule has 1 saturated carbocycles. The molecule has 1 aromatic carbocycles. The predicted octanol–water partition coefficient (Wildman–Crippen LogP) is 1.69. The molecule has 0 heterocycles. The number of amides is 2. The summed E-state index contributed by atoms with van der Waals surface area (Å²) in [7, 11) is 0. The first kappa shape index (κ1) is 20.4. The van der Waals surface area contributed by atoms with E-state index in [0.717, 1.165) is 36.6 Å². The van der Waals surface area contributed by atoms with Crippen LogP contribution in [0.2, 0.25) is 0 Å². The number of hydrogen-bond donors (Lipinski definition) is 4. The van der Waals surface area contributed by atoms with Gasteiger partial charge >= 0.3 is 5.97 Å². The molecule has 0 radical (unpaired) electrons. The highest BCUT2D eigenvalue weighted by Gasteiger charge is 2.33. The Morgan fingerprint density at radius 3 is 2.23 bits per heavy atom. The second kappa shape index (κ2) is 9.68. The first-order chi connectivity index (χ1) is 12.4. The number of aliphatic carboxylic acids is 1. The van der Waals surface area contributed by atoms with Crippen LogP contribution in [0.4, 0.5) is 0 Å². The van der Waals surface area contributed by atoms with Gasteiger partial charge in [0, 0.05) is 10.0 Å². The number of halogens is 1. The van der Waals surface area contributed by atoms with E-state index >= 15 is 0 Å². The Kier molecular flexibility index (Phi) is 7.59. The zero-order valence-corrected chi connectivity index (χ0v) is 15.9. The van der Waals surface area contributed by atoms with E-state index < -0.39 is 30.6 Å². The van der Waals surface area contributed by atoms with Crippen molar-refractivity contribution in [3.8, 4) is 0 Å². The maximum absolute atomic E-state index is 12.6. The second-order valence-corrected chi connectivity index (χ2v) is 7.35. The Labute approximate surface area is 160 Å². The Hall–Kier alpha value is -1.93. The molecule has 1 aliphatic carbocycles. The molecule has 142 valence electrons. The molecule has 0 saturated heterocycles. The Morgan fingerprint density at radius 1 is 1.08 bits per heavy atom. The maximum Gasteiger partial charge on any atom is 0.328 e. The summed E-state index contributed by atoms with van der Waals surface area (Å²) in [6, 6.07) is 4.53. The fourth-order valence-electron chi connectivity index (χ4n) is 3.14. The summed E-state index contributed by atoms with van der Waals surface area (Å²) < 4.78 is 0.836. The number of carbonyl (C=O) groups excluding carboxylic acids is 2. The van der Waals surface area contributed by atoms with Crippen molar-refractivity contribution in [2.75, 3.05) is 6.61 Å². The topological polar surface area (TPSA) is 116 Å². The summed E-state index contributed by atoms with van der Waals surface area (Å²) in [6.07, 6.45) is 4.58. The van der Waals surface area contributed by atoms with Gasteiger partial charge < -0.3 is 20.8 Å². The average Bonchev–Trinajstić information content (AvgIpc) is 2.64. The number of benzene rings is 1. The van der Waals surface area contributed by atoms with Gasteiger partial charge in [-0.15, -0.1) is 0 Å². The lowest BCUT2D eigenvalue weighted by Crippen LogP contribution is -2.55. The van der Waals surface area contributed by atoms with Gasteiger partial charge in [0.15, 0.2) is 0 Å². The lowest BCUT2D eigenvalue weighted by molar-refractivity contribution is -0.143. The third kappa shape index (κ3) is 5.54. The van der Waals surface area contributed by atoms with Gasteiger partial charge in [0.05, 0.1) is 6.61 Å². The standard InChI is InChI=1S/C18H23BrN2O5/c19-13-8-6-12(7-9-13)16(23)21-15(11-4-2-1-3-5-11)17(24)20-14(10-22)18(25)26/h6-9,11,14-15,22H,1-5,10H2,(H,20,24)(H,21,23)(H,25,26). The minimum Gasteiger partial charge on any atom is -0.480 e. The van der Waals surface area contributed by atoms with Crippen molar-refractivity contribution in [3.05, 3.63) is 34.3 Å².